The zero-order valence-corrected chi connectivity index (χ0v) is 12.9. The normalized spacial score (nSPS) is 29.7. The molecule has 2 atom stereocenters. The highest BCUT2D eigenvalue weighted by Gasteiger charge is 2.35. The van der Waals surface area contributed by atoms with Gasteiger partial charge in [-0.15, -0.1) is 0 Å². The third-order valence-electron chi connectivity index (χ3n) is 4.42. The van der Waals surface area contributed by atoms with Gasteiger partial charge in [-0.3, -0.25) is 9.69 Å². The van der Waals surface area contributed by atoms with Crippen LogP contribution in [0.25, 0.3) is 0 Å². The minimum Gasteiger partial charge on any atom is -0.338 e. The number of likely N-dealkylation sites (N-methyl/N-ethyl adjacent to an activating group) is 1. The fourth-order valence-corrected chi connectivity index (χ4v) is 5.02. The molecule has 2 rings (SSSR count). The number of sulfone groups is 1. The predicted molar refractivity (Wildman–Crippen MR) is 78.1 cm³/mol. The molecule has 2 aliphatic rings. The molecule has 0 spiro atoms. The standard InChI is InChI=1S/C13H25N3O3S/c1-2-16(12-5-7-20(18,19)10-12)13(17)9-15-6-3-4-11(15)8-14/h11-12H,2-10,14H2,1H3. The Labute approximate surface area is 121 Å². The minimum atomic E-state index is -2.95. The van der Waals surface area contributed by atoms with Crippen LogP contribution in [0.1, 0.15) is 26.2 Å². The largest absolute Gasteiger partial charge is 0.338 e. The van der Waals surface area contributed by atoms with Gasteiger partial charge in [-0.2, -0.15) is 0 Å². The monoisotopic (exact) mass is 303 g/mol. The molecule has 2 fully saturated rings. The van der Waals surface area contributed by atoms with Crippen LogP contribution in [0, 0.1) is 0 Å². The van der Waals surface area contributed by atoms with Crippen LogP contribution in [-0.4, -0.2) is 73.9 Å². The summed E-state index contributed by atoms with van der Waals surface area (Å²) in [6.07, 6.45) is 2.70. The molecule has 1 amide bonds. The quantitative estimate of drug-likeness (QED) is 0.736. The van der Waals surface area contributed by atoms with E-state index in [2.05, 4.69) is 4.90 Å². The van der Waals surface area contributed by atoms with Gasteiger partial charge in [0.05, 0.1) is 18.1 Å². The second-order valence-electron chi connectivity index (χ2n) is 5.74. The third kappa shape index (κ3) is 3.51. The van der Waals surface area contributed by atoms with Crippen molar-refractivity contribution in [3.05, 3.63) is 0 Å². The van der Waals surface area contributed by atoms with Crippen LogP contribution in [0.2, 0.25) is 0 Å². The summed E-state index contributed by atoms with van der Waals surface area (Å²) in [4.78, 5) is 16.3. The van der Waals surface area contributed by atoms with Crippen LogP contribution < -0.4 is 5.73 Å². The highest BCUT2D eigenvalue weighted by molar-refractivity contribution is 7.91. The van der Waals surface area contributed by atoms with Crippen molar-refractivity contribution >= 4 is 15.7 Å². The molecule has 2 N–H and O–H groups in total. The van der Waals surface area contributed by atoms with Crippen LogP contribution >= 0.6 is 0 Å². The first-order valence-corrected chi connectivity index (χ1v) is 9.23. The average molecular weight is 303 g/mol. The fraction of sp³-hybridized carbons (Fsp3) is 0.923. The summed E-state index contributed by atoms with van der Waals surface area (Å²) < 4.78 is 23.1. The number of carbonyl (C=O) groups is 1. The zero-order valence-electron chi connectivity index (χ0n) is 12.1. The molecule has 0 radical (unpaired) electrons. The summed E-state index contributed by atoms with van der Waals surface area (Å²) >= 11 is 0. The first-order valence-electron chi connectivity index (χ1n) is 7.41. The van der Waals surface area contributed by atoms with Crippen molar-refractivity contribution < 1.29 is 13.2 Å². The first kappa shape index (κ1) is 15.7. The number of likely N-dealkylation sites (tertiary alicyclic amines) is 1. The van der Waals surface area contributed by atoms with Gasteiger partial charge in [-0.25, -0.2) is 8.42 Å². The molecule has 20 heavy (non-hydrogen) atoms. The van der Waals surface area contributed by atoms with Crippen molar-refractivity contribution in [3.8, 4) is 0 Å². The molecular formula is C13H25N3O3S. The van der Waals surface area contributed by atoms with Gasteiger partial charge < -0.3 is 10.6 Å². The maximum Gasteiger partial charge on any atom is 0.237 e. The number of hydrogen-bond acceptors (Lipinski definition) is 5. The second kappa shape index (κ2) is 6.41. The summed E-state index contributed by atoms with van der Waals surface area (Å²) in [5.41, 5.74) is 5.72. The van der Waals surface area contributed by atoms with E-state index in [-0.39, 0.29) is 23.5 Å². The van der Waals surface area contributed by atoms with Crippen LogP contribution in [-0.2, 0) is 14.6 Å². The van der Waals surface area contributed by atoms with E-state index in [0.717, 1.165) is 19.4 Å². The van der Waals surface area contributed by atoms with Gasteiger partial charge in [0.1, 0.15) is 0 Å². The second-order valence-corrected chi connectivity index (χ2v) is 7.97. The van der Waals surface area contributed by atoms with E-state index in [1.165, 1.54) is 0 Å². The van der Waals surface area contributed by atoms with E-state index in [9.17, 15) is 13.2 Å². The number of amides is 1. The van der Waals surface area contributed by atoms with E-state index < -0.39 is 9.84 Å². The molecule has 2 saturated heterocycles. The molecule has 0 aromatic heterocycles. The SMILES string of the molecule is CCN(C(=O)CN1CCCC1CN)C1CCS(=O)(=O)C1. The number of nitrogens with two attached hydrogens (primary N) is 1. The Morgan fingerprint density at radius 1 is 1.40 bits per heavy atom. The summed E-state index contributed by atoms with van der Waals surface area (Å²) in [7, 11) is -2.95. The third-order valence-corrected chi connectivity index (χ3v) is 6.17. The number of nitrogens with zero attached hydrogens (tertiary/aromatic N) is 2. The molecule has 0 bridgehead atoms. The van der Waals surface area contributed by atoms with Crippen LogP contribution in [0.3, 0.4) is 0 Å². The Kier molecular flexibility index (Phi) is 5.04. The molecular weight excluding hydrogens is 278 g/mol. The van der Waals surface area contributed by atoms with E-state index in [1.807, 2.05) is 6.92 Å². The predicted octanol–water partition coefficient (Wildman–Crippen LogP) is -0.555. The average Bonchev–Trinajstić information content (AvgIpc) is 2.97. The molecule has 0 saturated carbocycles. The number of hydrogen-bond donors (Lipinski definition) is 1. The lowest BCUT2D eigenvalue weighted by Gasteiger charge is -2.30. The van der Waals surface area contributed by atoms with Gasteiger partial charge in [0, 0.05) is 25.2 Å². The maximum atomic E-state index is 12.4. The van der Waals surface area contributed by atoms with Crippen LogP contribution in [0.5, 0.6) is 0 Å². The minimum absolute atomic E-state index is 0.0370. The van der Waals surface area contributed by atoms with Crippen LogP contribution in [0.4, 0.5) is 0 Å². The highest BCUT2D eigenvalue weighted by atomic mass is 32.2. The molecule has 116 valence electrons. The van der Waals surface area contributed by atoms with E-state index in [4.69, 9.17) is 5.73 Å². The Balaban J connectivity index is 1.96. The van der Waals surface area contributed by atoms with Crippen molar-refractivity contribution in [2.75, 3.05) is 37.7 Å². The summed E-state index contributed by atoms with van der Waals surface area (Å²) in [6.45, 7) is 4.34. The van der Waals surface area contributed by atoms with Crippen molar-refractivity contribution in [1.82, 2.24) is 9.80 Å². The lowest BCUT2D eigenvalue weighted by atomic mass is 10.2. The fourth-order valence-electron chi connectivity index (χ4n) is 3.29. The van der Waals surface area contributed by atoms with Gasteiger partial charge >= 0.3 is 0 Å². The molecule has 7 heteroatoms. The molecule has 0 aromatic rings. The van der Waals surface area contributed by atoms with E-state index in [1.54, 1.807) is 4.90 Å². The molecule has 2 heterocycles. The Morgan fingerprint density at radius 3 is 2.70 bits per heavy atom. The molecule has 0 aliphatic carbocycles. The van der Waals surface area contributed by atoms with Crippen molar-refractivity contribution in [1.29, 1.82) is 0 Å². The Morgan fingerprint density at radius 2 is 2.15 bits per heavy atom. The van der Waals surface area contributed by atoms with Crippen molar-refractivity contribution in [3.63, 3.8) is 0 Å². The smallest absolute Gasteiger partial charge is 0.237 e. The summed E-state index contributed by atoms with van der Waals surface area (Å²) in [6, 6.07) is 0.154. The van der Waals surface area contributed by atoms with Crippen molar-refractivity contribution in [2.24, 2.45) is 5.73 Å². The lowest BCUT2D eigenvalue weighted by molar-refractivity contribution is -0.134. The Bertz CT molecular complexity index is 452. The lowest BCUT2D eigenvalue weighted by Crippen LogP contribution is -2.48. The van der Waals surface area contributed by atoms with Gasteiger partial charge in [-0.1, -0.05) is 0 Å². The molecule has 2 aliphatic heterocycles. The summed E-state index contributed by atoms with van der Waals surface area (Å²) in [5, 5.41) is 0. The maximum absolute atomic E-state index is 12.4. The topological polar surface area (TPSA) is 83.7 Å². The molecule has 6 nitrogen and oxygen atoms in total. The Hall–Kier alpha value is -0.660. The van der Waals surface area contributed by atoms with Crippen molar-refractivity contribution in [2.45, 2.75) is 38.3 Å². The molecule has 0 aromatic carbocycles. The van der Waals surface area contributed by atoms with E-state index in [0.29, 0.717) is 32.1 Å². The first-order chi connectivity index (χ1) is 9.46. The van der Waals surface area contributed by atoms with Gasteiger partial charge in [0.15, 0.2) is 9.84 Å². The number of carbonyl (C=O) groups excluding carboxylic acids is 1. The van der Waals surface area contributed by atoms with Gasteiger partial charge in [0.25, 0.3) is 0 Å². The summed E-state index contributed by atoms with van der Waals surface area (Å²) in [5.74, 6) is 0.360. The van der Waals surface area contributed by atoms with Gasteiger partial charge in [0.2, 0.25) is 5.91 Å². The van der Waals surface area contributed by atoms with Gasteiger partial charge in [-0.05, 0) is 32.7 Å². The van der Waals surface area contributed by atoms with E-state index >= 15 is 0 Å². The van der Waals surface area contributed by atoms with Crippen LogP contribution in [0.15, 0.2) is 0 Å². The molecule has 2 unspecified atom stereocenters. The highest BCUT2D eigenvalue weighted by Crippen LogP contribution is 2.20. The zero-order chi connectivity index (χ0) is 14.8. The number of rotatable bonds is 5.